The van der Waals surface area contributed by atoms with Crippen molar-refractivity contribution in [1.29, 1.82) is 0 Å². The summed E-state index contributed by atoms with van der Waals surface area (Å²) in [4.78, 5) is 13.7. The normalized spacial score (nSPS) is 26.0. The average Bonchev–Trinajstić information content (AvgIpc) is 3.19. The molecular formula is C17H24ClN3O3S. The Balaban J connectivity index is 0.00000182. The van der Waals surface area contributed by atoms with Crippen LogP contribution < -0.4 is 10.2 Å². The van der Waals surface area contributed by atoms with E-state index in [1.54, 1.807) is 21.3 Å². The van der Waals surface area contributed by atoms with Gasteiger partial charge in [-0.05, 0) is 49.4 Å². The summed E-state index contributed by atoms with van der Waals surface area (Å²) in [5, 5.41) is 3.46. The van der Waals surface area contributed by atoms with Gasteiger partial charge in [-0.25, -0.2) is 8.42 Å². The number of carbonyl (C=O) groups excluding carboxylic acids is 1. The molecule has 0 aliphatic carbocycles. The van der Waals surface area contributed by atoms with Crippen molar-refractivity contribution in [3.8, 4) is 0 Å². The first-order valence-electron chi connectivity index (χ1n) is 8.61. The number of hydrogen-bond acceptors (Lipinski definition) is 4. The summed E-state index contributed by atoms with van der Waals surface area (Å²) >= 11 is 0. The topological polar surface area (TPSA) is 69.7 Å². The molecular weight excluding hydrogens is 362 g/mol. The number of benzene rings is 1. The SMILES string of the molecule is CC(=O)N1CCc2ccc(S(=O)(=O)N3CCC4NCCC4C3)cc21.Cl. The minimum absolute atomic E-state index is 0. The Morgan fingerprint density at radius 1 is 1.24 bits per heavy atom. The van der Waals surface area contributed by atoms with E-state index in [0.29, 0.717) is 36.5 Å². The Morgan fingerprint density at radius 3 is 2.80 bits per heavy atom. The molecule has 2 fully saturated rings. The number of fused-ring (bicyclic) bond motifs is 2. The molecule has 3 heterocycles. The molecule has 2 unspecified atom stereocenters. The molecule has 0 saturated carbocycles. The van der Waals surface area contributed by atoms with Gasteiger partial charge in [0.2, 0.25) is 15.9 Å². The fourth-order valence-corrected chi connectivity index (χ4v) is 5.76. The minimum atomic E-state index is -3.50. The summed E-state index contributed by atoms with van der Waals surface area (Å²) in [6, 6.07) is 5.69. The number of piperidine rings is 1. The Labute approximate surface area is 155 Å². The number of amides is 1. The van der Waals surface area contributed by atoms with Crippen LogP contribution in [-0.2, 0) is 21.2 Å². The second kappa shape index (κ2) is 6.87. The van der Waals surface area contributed by atoms with Gasteiger partial charge in [0.25, 0.3) is 0 Å². The highest BCUT2D eigenvalue weighted by Crippen LogP contribution is 2.33. The fraction of sp³-hybridized carbons (Fsp3) is 0.588. The van der Waals surface area contributed by atoms with Gasteiger partial charge in [0.1, 0.15) is 0 Å². The van der Waals surface area contributed by atoms with Gasteiger partial charge >= 0.3 is 0 Å². The number of nitrogens with one attached hydrogen (secondary N) is 1. The van der Waals surface area contributed by atoms with Gasteiger partial charge in [0.05, 0.1) is 4.90 Å². The first-order chi connectivity index (χ1) is 11.5. The van der Waals surface area contributed by atoms with Gasteiger partial charge in [0.15, 0.2) is 0 Å². The zero-order valence-electron chi connectivity index (χ0n) is 14.3. The van der Waals surface area contributed by atoms with E-state index < -0.39 is 10.0 Å². The Morgan fingerprint density at radius 2 is 2.04 bits per heavy atom. The van der Waals surface area contributed by atoms with E-state index in [1.807, 2.05) is 6.07 Å². The first kappa shape index (κ1) is 18.6. The molecule has 2 saturated heterocycles. The van der Waals surface area contributed by atoms with Crippen LogP contribution in [0, 0.1) is 5.92 Å². The lowest BCUT2D eigenvalue weighted by Gasteiger charge is -2.34. The molecule has 3 aliphatic heterocycles. The van der Waals surface area contributed by atoms with Crippen LogP contribution in [0.3, 0.4) is 0 Å². The summed E-state index contributed by atoms with van der Waals surface area (Å²) in [6.45, 7) is 4.29. The van der Waals surface area contributed by atoms with Crippen molar-refractivity contribution in [2.75, 3.05) is 31.1 Å². The van der Waals surface area contributed by atoms with Crippen LogP contribution in [0.1, 0.15) is 25.3 Å². The van der Waals surface area contributed by atoms with E-state index in [0.717, 1.165) is 37.1 Å². The lowest BCUT2D eigenvalue weighted by molar-refractivity contribution is -0.116. The van der Waals surface area contributed by atoms with Crippen LogP contribution in [0.4, 0.5) is 5.69 Å². The molecule has 3 aliphatic rings. The highest BCUT2D eigenvalue weighted by molar-refractivity contribution is 7.89. The van der Waals surface area contributed by atoms with Gasteiger partial charge in [-0.15, -0.1) is 12.4 Å². The first-order valence-corrected chi connectivity index (χ1v) is 10.1. The quantitative estimate of drug-likeness (QED) is 0.835. The van der Waals surface area contributed by atoms with E-state index in [4.69, 9.17) is 0 Å². The Kier molecular flexibility index (Phi) is 5.12. The van der Waals surface area contributed by atoms with E-state index in [1.165, 1.54) is 6.92 Å². The van der Waals surface area contributed by atoms with Gasteiger partial charge < -0.3 is 10.2 Å². The number of nitrogens with zero attached hydrogens (tertiary/aromatic N) is 2. The summed E-state index contributed by atoms with van der Waals surface area (Å²) in [6.07, 6.45) is 2.70. The maximum Gasteiger partial charge on any atom is 0.243 e. The molecule has 4 rings (SSSR count). The van der Waals surface area contributed by atoms with Crippen molar-refractivity contribution >= 4 is 34.0 Å². The predicted octanol–water partition coefficient (Wildman–Crippen LogP) is 1.39. The van der Waals surface area contributed by atoms with Crippen LogP contribution in [0.2, 0.25) is 0 Å². The van der Waals surface area contributed by atoms with Gasteiger partial charge in [-0.2, -0.15) is 4.31 Å². The predicted molar refractivity (Wildman–Crippen MR) is 98.7 cm³/mol. The van der Waals surface area contributed by atoms with E-state index >= 15 is 0 Å². The highest BCUT2D eigenvalue weighted by atomic mass is 35.5. The van der Waals surface area contributed by atoms with Gasteiger partial charge in [-0.1, -0.05) is 6.07 Å². The molecule has 1 aromatic carbocycles. The van der Waals surface area contributed by atoms with Crippen molar-refractivity contribution in [2.45, 2.75) is 37.1 Å². The van der Waals surface area contributed by atoms with Gasteiger partial charge in [0, 0.05) is 38.3 Å². The third kappa shape index (κ3) is 3.18. The molecule has 0 radical (unpaired) electrons. The van der Waals surface area contributed by atoms with Crippen LogP contribution in [0.25, 0.3) is 0 Å². The summed E-state index contributed by atoms with van der Waals surface area (Å²) in [5.41, 5.74) is 1.80. The lowest BCUT2D eigenvalue weighted by Crippen LogP contribution is -2.46. The fourth-order valence-electron chi connectivity index (χ4n) is 4.23. The molecule has 1 amide bonds. The second-order valence-electron chi connectivity index (χ2n) is 6.97. The van der Waals surface area contributed by atoms with Crippen molar-refractivity contribution in [3.63, 3.8) is 0 Å². The number of rotatable bonds is 2. The molecule has 6 nitrogen and oxygen atoms in total. The molecule has 138 valence electrons. The number of hydrogen-bond donors (Lipinski definition) is 1. The molecule has 2 atom stereocenters. The third-order valence-corrected chi connectivity index (χ3v) is 7.45. The standard InChI is InChI=1S/C17H23N3O3S.ClH/c1-12(21)20-9-5-13-2-3-15(10-17(13)20)24(22,23)19-8-6-16-14(11-19)4-7-18-16;/h2-3,10,14,16,18H,4-9,11H2,1H3;1H. The van der Waals surface area contributed by atoms with Crippen LogP contribution in [-0.4, -0.2) is 50.9 Å². The molecule has 0 spiro atoms. The number of halogens is 1. The maximum atomic E-state index is 13.1. The van der Waals surface area contributed by atoms with Crippen molar-refractivity contribution in [3.05, 3.63) is 23.8 Å². The van der Waals surface area contributed by atoms with E-state index in [2.05, 4.69) is 5.32 Å². The largest absolute Gasteiger partial charge is 0.314 e. The van der Waals surface area contributed by atoms with Crippen LogP contribution in [0.15, 0.2) is 23.1 Å². The Hall–Kier alpha value is -1.15. The highest BCUT2D eigenvalue weighted by Gasteiger charge is 2.38. The molecule has 8 heteroatoms. The molecule has 1 aromatic rings. The average molecular weight is 386 g/mol. The minimum Gasteiger partial charge on any atom is -0.314 e. The second-order valence-corrected chi connectivity index (χ2v) is 8.91. The molecule has 0 bridgehead atoms. The molecule has 0 aromatic heterocycles. The van der Waals surface area contributed by atoms with E-state index in [9.17, 15) is 13.2 Å². The lowest BCUT2D eigenvalue weighted by atomic mass is 9.95. The van der Waals surface area contributed by atoms with Crippen LogP contribution in [0.5, 0.6) is 0 Å². The number of carbonyl (C=O) groups is 1. The monoisotopic (exact) mass is 385 g/mol. The van der Waals surface area contributed by atoms with Crippen LogP contribution >= 0.6 is 12.4 Å². The van der Waals surface area contributed by atoms with Crippen molar-refractivity contribution in [2.24, 2.45) is 5.92 Å². The summed E-state index contributed by atoms with van der Waals surface area (Å²) in [5.74, 6) is 0.373. The van der Waals surface area contributed by atoms with Crippen molar-refractivity contribution in [1.82, 2.24) is 9.62 Å². The molecule has 1 N–H and O–H groups in total. The van der Waals surface area contributed by atoms with E-state index in [-0.39, 0.29) is 18.3 Å². The zero-order valence-corrected chi connectivity index (χ0v) is 15.9. The third-order valence-electron chi connectivity index (χ3n) is 5.59. The summed E-state index contributed by atoms with van der Waals surface area (Å²) < 4.78 is 27.7. The van der Waals surface area contributed by atoms with Crippen molar-refractivity contribution < 1.29 is 13.2 Å². The Bertz CT molecular complexity index is 783. The zero-order chi connectivity index (χ0) is 16.9. The number of anilines is 1. The maximum absolute atomic E-state index is 13.1. The number of sulfonamides is 1. The summed E-state index contributed by atoms with van der Waals surface area (Å²) in [7, 11) is -3.50. The smallest absolute Gasteiger partial charge is 0.243 e. The van der Waals surface area contributed by atoms with Gasteiger partial charge in [-0.3, -0.25) is 4.79 Å². The molecule has 25 heavy (non-hydrogen) atoms.